The SMILES string of the molecule is COc1ccc(N(c2ccc(C=C(c3ccccc3)c3ccccc3)cc2)c2ccc3c(c2)CCCC3)cc1. The number of methoxy groups -OCH3 is 1. The number of hydrogen-bond acceptors (Lipinski definition) is 2. The molecule has 1 aliphatic rings. The predicted octanol–water partition coefficient (Wildman–Crippen LogP) is 9.63. The maximum absolute atomic E-state index is 5.44. The van der Waals surface area contributed by atoms with Gasteiger partial charge in [0.05, 0.1) is 7.11 Å². The van der Waals surface area contributed by atoms with Crippen LogP contribution in [0.15, 0.2) is 127 Å². The summed E-state index contributed by atoms with van der Waals surface area (Å²) in [5, 5.41) is 0. The maximum Gasteiger partial charge on any atom is 0.119 e. The summed E-state index contributed by atoms with van der Waals surface area (Å²) in [4.78, 5) is 2.34. The Bertz CT molecular complexity index is 1510. The van der Waals surface area contributed by atoms with Gasteiger partial charge in [0.15, 0.2) is 0 Å². The van der Waals surface area contributed by atoms with E-state index < -0.39 is 0 Å². The second-order valence-corrected chi connectivity index (χ2v) is 10.1. The van der Waals surface area contributed by atoms with Gasteiger partial charge in [0, 0.05) is 17.1 Å². The molecule has 0 aromatic heterocycles. The highest BCUT2D eigenvalue weighted by molar-refractivity contribution is 5.91. The van der Waals surface area contributed by atoms with Crippen LogP contribution in [0.4, 0.5) is 17.1 Å². The van der Waals surface area contributed by atoms with E-state index in [2.05, 4.69) is 126 Å². The molecule has 2 heteroatoms. The van der Waals surface area contributed by atoms with Gasteiger partial charge in [-0.3, -0.25) is 0 Å². The molecule has 0 spiro atoms. The minimum Gasteiger partial charge on any atom is -0.497 e. The van der Waals surface area contributed by atoms with Gasteiger partial charge >= 0.3 is 0 Å². The first kappa shape index (κ1) is 24.8. The number of ether oxygens (including phenoxy) is 1. The van der Waals surface area contributed by atoms with Crippen molar-refractivity contribution in [2.75, 3.05) is 12.0 Å². The Balaban J connectivity index is 1.40. The molecule has 0 heterocycles. The summed E-state index contributed by atoms with van der Waals surface area (Å²) in [6, 6.07) is 45.4. The Morgan fingerprint density at radius 3 is 1.72 bits per heavy atom. The third-order valence-electron chi connectivity index (χ3n) is 7.55. The van der Waals surface area contributed by atoms with Gasteiger partial charge < -0.3 is 9.64 Å². The van der Waals surface area contributed by atoms with Crippen LogP contribution >= 0.6 is 0 Å². The van der Waals surface area contributed by atoms with Gasteiger partial charge in [-0.25, -0.2) is 0 Å². The van der Waals surface area contributed by atoms with Crippen LogP contribution in [0.1, 0.15) is 40.7 Å². The molecule has 5 aromatic carbocycles. The molecule has 39 heavy (non-hydrogen) atoms. The Morgan fingerprint density at radius 1 is 0.590 bits per heavy atom. The largest absolute Gasteiger partial charge is 0.497 e. The van der Waals surface area contributed by atoms with Crippen molar-refractivity contribution in [1.82, 2.24) is 0 Å². The third-order valence-corrected chi connectivity index (χ3v) is 7.55. The molecular weight excluding hydrogens is 474 g/mol. The van der Waals surface area contributed by atoms with Crippen molar-refractivity contribution in [2.24, 2.45) is 0 Å². The maximum atomic E-state index is 5.44. The quantitative estimate of drug-likeness (QED) is 0.203. The van der Waals surface area contributed by atoms with Crippen molar-refractivity contribution in [2.45, 2.75) is 25.7 Å². The molecule has 0 bridgehead atoms. The standard InChI is InChI=1S/C37H33NO/c1-39-36-24-22-34(23-25-36)38(35-21-18-29-10-8-9-15-32(29)27-35)33-19-16-28(17-20-33)26-37(30-11-4-2-5-12-30)31-13-6-3-7-14-31/h2-7,11-14,16-27H,8-10,15H2,1H3. The lowest BCUT2D eigenvalue weighted by Crippen LogP contribution is -2.12. The van der Waals surface area contributed by atoms with Gasteiger partial charge in [0.25, 0.3) is 0 Å². The minimum atomic E-state index is 0.860. The van der Waals surface area contributed by atoms with Gasteiger partial charge in [-0.2, -0.15) is 0 Å². The summed E-state index contributed by atoms with van der Waals surface area (Å²) in [6.45, 7) is 0. The van der Waals surface area contributed by atoms with E-state index in [0.717, 1.165) is 23.5 Å². The summed E-state index contributed by atoms with van der Waals surface area (Å²) < 4.78 is 5.44. The summed E-state index contributed by atoms with van der Waals surface area (Å²) in [7, 11) is 1.71. The first-order chi connectivity index (χ1) is 19.3. The average Bonchev–Trinajstić information content (AvgIpc) is 3.02. The fraction of sp³-hybridized carbons (Fsp3) is 0.135. The van der Waals surface area contributed by atoms with Crippen LogP contribution in [0.25, 0.3) is 11.6 Å². The first-order valence-corrected chi connectivity index (χ1v) is 13.8. The lowest BCUT2D eigenvalue weighted by molar-refractivity contribution is 0.415. The monoisotopic (exact) mass is 507 g/mol. The molecule has 0 aliphatic heterocycles. The van der Waals surface area contributed by atoms with Crippen LogP contribution in [-0.4, -0.2) is 7.11 Å². The normalized spacial score (nSPS) is 12.3. The number of rotatable bonds is 7. The van der Waals surface area contributed by atoms with E-state index in [-0.39, 0.29) is 0 Å². The molecular formula is C37H33NO. The minimum absolute atomic E-state index is 0.860. The zero-order valence-electron chi connectivity index (χ0n) is 22.4. The van der Waals surface area contributed by atoms with Crippen molar-refractivity contribution in [3.05, 3.63) is 155 Å². The number of hydrogen-bond donors (Lipinski definition) is 0. The van der Waals surface area contributed by atoms with Gasteiger partial charge in [-0.15, -0.1) is 0 Å². The first-order valence-electron chi connectivity index (χ1n) is 13.8. The average molecular weight is 508 g/mol. The van der Waals surface area contributed by atoms with Gasteiger partial charge in [0.1, 0.15) is 5.75 Å². The fourth-order valence-corrected chi connectivity index (χ4v) is 5.49. The molecule has 0 unspecified atom stereocenters. The fourth-order valence-electron chi connectivity index (χ4n) is 5.49. The van der Waals surface area contributed by atoms with E-state index in [1.54, 1.807) is 7.11 Å². The molecule has 2 nitrogen and oxygen atoms in total. The van der Waals surface area contributed by atoms with Crippen molar-refractivity contribution in [3.8, 4) is 5.75 Å². The molecule has 0 amide bonds. The molecule has 0 saturated carbocycles. The molecule has 6 rings (SSSR count). The number of fused-ring (bicyclic) bond motifs is 1. The summed E-state index contributed by atoms with van der Waals surface area (Å²) in [6.07, 6.45) is 7.18. The number of benzene rings is 5. The second kappa shape index (κ2) is 11.4. The molecule has 192 valence electrons. The third kappa shape index (κ3) is 5.51. The van der Waals surface area contributed by atoms with Gasteiger partial charge in [-0.1, -0.05) is 78.9 Å². The Kier molecular flexibility index (Phi) is 7.27. The molecule has 5 aromatic rings. The molecule has 0 saturated heterocycles. The van der Waals surface area contributed by atoms with E-state index in [4.69, 9.17) is 4.74 Å². The van der Waals surface area contributed by atoms with Crippen molar-refractivity contribution >= 4 is 28.7 Å². The van der Waals surface area contributed by atoms with Crippen molar-refractivity contribution < 1.29 is 4.74 Å². The number of nitrogens with zero attached hydrogens (tertiary/aromatic N) is 1. The lowest BCUT2D eigenvalue weighted by atomic mass is 9.91. The Hall–Kier alpha value is -4.56. The lowest BCUT2D eigenvalue weighted by Gasteiger charge is -2.27. The van der Waals surface area contributed by atoms with Gasteiger partial charge in [-0.05, 0) is 114 Å². The van der Waals surface area contributed by atoms with Crippen LogP contribution in [0.2, 0.25) is 0 Å². The van der Waals surface area contributed by atoms with Crippen LogP contribution in [-0.2, 0) is 12.8 Å². The molecule has 0 radical (unpaired) electrons. The van der Waals surface area contributed by atoms with E-state index >= 15 is 0 Å². The predicted molar refractivity (Wildman–Crippen MR) is 164 cm³/mol. The highest BCUT2D eigenvalue weighted by Crippen LogP contribution is 2.38. The summed E-state index contributed by atoms with van der Waals surface area (Å²) in [5.74, 6) is 0.860. The van der Waals surface area contributed by atoms with Crippen LogP contribution < -0.4 is 9.64 Å². The highest BCUT2D eigenvalue weighted by atomic mass is 16.5. The second-order valence-electron chi connectivity index (χ2n) is 10.1. The molecule has 1 aliphatic carbocycles. The Labute approximate surface area is 231 Å². The summed E-state index contributed by atoms with van der Waals surface area (Å²) >= 11 is 0. The van der Waals surface area contributed by atoms with Crippen LogP contribution in [0, 0.1) is 0 Å². The number of aryl methyl sites for hydroxylation is 2. The van der Waals surface area contributed by atoms with E-state index in [1.165, 1.54) is 58.3 Å². The zero-order chi connectivity index (χ0) is 26.4. The molecule has 0 N–H and O–H groups in total. The zero-order valence-corrected chi connectivity index (χ0v) is 22.4. The number of anilines is 3. The van der Waals surface area contributed by atoms with Crippen molar-refractivity contribution in [1.29, 1.82) is 0 Å². The van der Waals surface area contributed by atoms with E-state index in [9.17, 15) is 0 Å². The molecule has 0 fully saturated rings. The van der Waals surface area contributed by atoms with Gasteiger partial charge in [0.2, 0.25) is 0 Å². The highest BCUT2D eigenvalue weighted by Gasteiger charge is 2.16. The van der Waals surface area contributed by atoms with Crippen molar-refractivity contribution in [3.63, 3.8) is 0 Å². The summed E-state index contributed by atoms with van der Waals surface area (Å²) in [5.41, 5.74) is 11.2. The topological polar surface area (TPSA) is 12.5 Å². The Morgan fingerprint density at radius 2 is 1.13 bits per heavy atom. The van der Waals surface area contributed by atoms with Crippen LogP contribution in [0.3, 0.4) is 0 Å². The smallest absolute Gasteiger partial charge is 0.119 e. The van der Waals surface area contributed by atoms with Crippen LogP contribution in [0.5, 0.6) is 5.75 Å². The van der Waals surface area contributed by atoms with E-state index in [0.29, 0.717) is 0 Å². The van der Waals surface area contributed by atoms with E-state index in [1.807, 2.05) is 12.1 Å². The molecule has 0 atom stereocenters.